The number of nitrogens with zero attached hydrogens (tertiary/aromatic N) is 1. The van der Waals surface area contributed by atoms with E-state index in [1.807, 2.05) is 23.1 Å². The first kappa shape index (κ1) is 14.5. The summed E-state index contributed by atoms with van der Waals surface area (Å²) in [5.41, 5.74) is 1.56. The van der Waals surface area contributed by atoms with Crippen molar-refractivity contribution in [2.45, 2.75) is 38.2 Å². The molecule has 4 heteroatoms. The van der Waals surface area contributed by atoms with Crippen LogP contribution in [-0.2, 0) is 4.79 Å². The van der Waals surface area contributed by atoms with Gasteiger partial charge in [-0.1, -0.05) is 26.0 Å². The molecule has 0 spiro atoms. The minimum atomic E-state index is -0.516. The van der Waals surface area contributed by atoms with Gasteiger partial charge in [-0.2, -0.15) is 0 Å². The van der Waals surface area contributed by atoms with Crippen LogP contribution in [0.5, 0.6) is 0 Å². The largest absolute Gasteiger partial charge is 0.387 e. The van der Waals surface area contributed by atoms with Crippen LogP contribution in [0.15, 0.2) is 24.3 Å². The van der Waals surface area contributed by atoms with Gasteiger partial charge in [0.25, 0.3) is 0 Å². The Labute approximate surface area is 126 Å². The summed E-state index contributed by atoms with van der Waals surface area (Å²) in [6.07, 6.45) is 2.27. The second kappa shape index (κ2) is 5.43. The Bertz CT molecular complexity index is 531. The molecule has 0 bridgehead atoms. The third-order valence-electron chi connectivity index (χ3n) is 4.54. The highest BCUT2D eigenvalue weighted by atomic mass is 16.3. The Kier molecular flexibility index (Phi) is 3.76. The molecule has 1 saturated carbocycles. The maximum atomic E-state index is 12.1. The lowest BCUT2D eigenvalue weighted by atomic mass is 9.89. The average Bonchev–Trinajstić information content (AvgIpc) is 3.21. The number of carbonyl (C=O) groups excluding carboxylic acids is 1. The Balaban J connectivity index is 1.49. The number of β-amino-alcohol motifs (C(OH)–C–C–N with tert-alkyl or cyclic N) is 1. The molecule has 1 aromatic carbocycles. The highest BCUT2D eigenvalue weighted by Gasteiger charge is 2.51. The second-order valence-corrected chi connectivity index (χ2v) is 6.85. The number of aliphatic hydroxyl groups is 1. The molecule has 2 fully saturated rings. The van der Waals surface area contributed by atoms with Gasteiger partial charge in [-0.15, -0.1) is 0 Å². The van der Waals surface area contributed by atoms with Crippen molar-refractivity contribution < 1.29 is 9.90 Å². The van der Waals surface area contributed by atoms with E-state index in [0.29, 0.717) is 31.5 Å². The zero-order chi connectivity index (χ0) is 15.0. The van der Waals surface area contributed by atoms with E-state index in [1.165, 1.54) is 5.56 Å². The van der Waals surface area contributed by atoms with Gasteiger partial charge in [0.05, 0.1) is 12.1 Å². The minimum Gasteiger partial charge on any atom is -0.387 e. The van der Waals surface area contributed by atoms with E-state index in [2.05, 4.69) is 25.2 Å². The zero-order valence-corrected chi connectivity index (χ0v) is 12.8. The molecule has 1 amide bonds. The van der Waals surface area contributed by atoms with Crippen LogP contribution in [0.3, 0.4) is 0 Å². The number of likely N-dealkylation sites (tertiary alicyclic amines) is 1. The van der Waals surface area contributed by atoms with Gasteiger partial charge in [-0.05, 0) is 42.4 Å². The van der Waals surface area contributed by atoms with Gasteiger partial charge in [-0.3, -0.25) is 9.69 Å². The van der Waals surface area contributed by atoms with Crippen LogP contribution in [-0.4, -0.2) is 41.1 Å². The number of hydrogen-bond donors (Lipinski definition) is 2. The molecule has 0 radical (unpaired) electrons. The fourth-order valence-electron chi connectivity index (χ4n) is 3.10. The molecule has 2 N–H and O–H groups in total. The van der Waals surface area contributed by atoms with Gasteiger partial charge < -0.3 is 10.4 Å². The molecule has 4 nitrogen and oxygen atoms in total. The summed E-state index contributed by atoms with van der Waals surface area (Å²) < 4.78 is 0. The summed E-state index contributed by atoms with van der Waals surface area (Å²) in [7, 11) is 0. The first-order valence-electron chi connectivity index (χ1n) is 7.81. The third-order valence-corrected chi connectivity index (χ3v) is 4.54. The minimum absolute atomic E-state index is 0.00578. The van der Waals surface area contributed by atoms with E-state index < -0.39 is 5.60 Å². The molecule has 21 heavy (non-hydrogen) atoms. The van der Waals surface area contributed by atoms with E-state index >= 15 is 0 Å². The molecule has 1 aromatic rings. The van der Waals surface area contributed by atoms with Crippen LogP contribution in [0.4, 0.5) is 5.69 Å². The van der Waals surface area contributed by atoms with Gasteiger partial charge >= 0.3 is 0 Å². The maximum absolute atomic E-state index is 12.1. The highest BCUT2D eigenvalue weighted by molar-refractivity contribution is 5.92. The second-order valence-electron chi connectivity index (χ2n) is 6.85. The van der Waals surface area contributed by atoms with Crippen molar-refractivity contribution in [1.29, 1.82) is 0 Å². The molecule has 0 atom stereocenters. The Morgan fingerprint density at radius 1 is 1.43 bits per heavy atom. The van der Waals surface area contributed by atoms with E-state index in [0.717, 1.165) is 18.5 Å². The fourth-order valence-corrected chi connectivity index (χ4v) is 3.10. The Morgan fingerprint density at radius 3 is 2.76 bits per heavy atom. The molecule has 1 aliphatic heterocycles. The first-order valence-corrected chi connectivity index (χ1v) is 7.81. The summed E-state index contributed by atoms with van der Waals surface area (Å²) in [6.45, 7) is 5.91. The molecule has 1 saturated heterocycles. The number of carbonyl (C=O) groups is 1. The zero-order valence-electron chi connectivity index (χ0n) is 12.8. The van der Waals surface area contributed by atoms with Gasteiger partial charge in [0.15, 0.2) is 0 Å². The fraction of sp³-hybridized carbons (Fsp3) is 0.588. The van der Waals surface area contributed by atoms with Gasteiger partial charge in [-0.25, -0.2) is 0 Å². The molecule has 1 aliphatic carbocycles. The number of benzene rings is 1. The Morgan fingerprint density at radius 2 is 2.14 bits per heavy atom. The lowest BCUT2D eigenvalue weighted by Gasteiger charge is -2.46. The smallest absolute Gasteiger partial charge is 0.238 e. The summed E-state index contributed by atoms with van der Waals surface area (Å²) in [6, 6.07) is 7.99. The van der Waals surface area contributed by atoms with Crippen molar-refractivity contribution in [1.82, 2.24) is 4.90 Å². The molecule has 114 valence electrons. The predicted molar refractivity (Wildman–Crippen MR) is 83.3 cm³/mol. The standard InChI is InChI=1S/C17H24N2O2/c1-12(2)13-4-3-5-15(8-13)18-16(20)9-19-10-17(21,11-19)14-6-7-14/h3-5,8,12,14,21H,6-7,9-11H2,1-2H3,(H,18,20). The Hall–Kier alpha value is -1.39. The average molecular weight is 288 g/mol. The van der Waals surface area contributed by atoms with Crippen molar-refractivity contribution in [3.8, 4) is 0 Å². The number of anilines is 1. The monoisotopic (exact) mass is 288 g/mol. The van der Waals surface area contributed by atoms with Crippen molar-refractivity contribution in [3.05, 3.63) is 29.8 Å². The lowest BCUT2D eigenvalue weighted by molar-refractivity contribution is -0.132. The van der Waals surface area contributed by atoms with Crippen LogP contribution < -0.4 is 5.32 Å². The van der Waals surface area contributed by atoms with Crippen molar-refractivity contribution in [2.75, 3.05) is 25.0 Å². The molecular formula is C17H24N2O2. The third kappa shape index (κ3) is 3.27. The molecule has 0 unspecified atom stereocenters. The van der Waals surface area contributed by atoms with Crippen LogP contribution >= 0.6 is 0 Å². The van der Waals surface area contributed by atoms with Crippen molar-refractivity contribution >= 4 is 11.6 Å². The summed E-state index contributed by atoms with van der Waals surface area (Å²) in [5.74, 6) is 0.916. The lowest BCUT2D eigenvalue weighted by Crippen LogP contribution is -2.64. The summed E-state index contributed by atoms with van der Waals surface area (Å²) in [5, 5.41) is 13.2. The molecule has 3 rings (SSSR count). The van der Waals surface area contributed by atoms with E-state index in [1.54, 1.807) is 0 Å². The quantitative estimate of drug-likeness (QED) is 0.873. The van der Waals surface area contributed by atoms with Crippen molar-refractivity contribution in [3.63, 3.8) is 0 Å². The topological polar surface area (TPSA) is 52.6 Å². The van der Waals surface area contributed by atoms with E-state index in [9.17, 15) is 9.90 Å². The normalized spacial score (nSPS) is 21.1. The number of hydrogen-bond acceptors (Lipinski definition) is 3. The maximum Gasteiger partial charge on any atom is 0.238 e. The van der Waals surface area contributed by atoms with Crippen molar-refractivity contribution in [2.24, 2.45) is 5.92 Å². The van der Waals surface area contributed by atoms with Gasteiger partial charge in [0, 0.05) is 18.8 Å². The van der Waals surface area contributed by atoms with Crippen LogP contribution in [0.1, 0.15) is 38.2 Å². The number of rotatable bonds is 5. The highest BCUT2D eigenvalue weighted by Crippen LogP contribution is 2.44. The van der Waals surface area contributed by atoms with E-state index in [-0.39, 0.29) is 5.91 Å². The number of amides is 1. The van der Waals surface area contributed by atoms with Crippen LogP contribution in [0.2, 0.25) is 0 Å². The molecule has 2 aliphatic rings. The van der Waals surface area contributed by atoms with Gasteiger partial charge in [0.1, 0.15) is 0 Å². The SMILES string of the molecule is CC(C)c1cccc(NC(=O)CN2CC(O)(C3CC3)C2)c1. The predicted octanol–water partition coefficient (Wildman–Crippen LogP) is 2.21. The molecule has 0 aromatic heterocycles. The van der Waals surface area contributed by atoms with E-state index in [4.69, 9.17) is 0 Å². The summed E-state index contributed by atoms with van der Waals surface area (Å²) >= 11 is 0. The first-order chi connectivity index (χ1) is 9.96. The molecular weight excluding hydrogens is 264 g/mol. The van der Waals surface area contributed by atoms with Crippen LogP contribution in [0, 0.1) is 5.92 Å². The summed E-state index contributed by atoms with van der Waals surface area (Å²) in [4.78, 5) is 14.1. The van der Waals surface area contributed by atoms with Crippen LogP contribution in [0.25, 0.3) is 0 Å². The van der Waals surface area contributed by atoms with Gasteiger partial charge in [0.2, 0.25) is 5.91 Å². The number of nitrogens with one attached hydrogen (secondary N) is 1. The molecule has 1 heterocycles.